The van der Waals surface area contributed by atoms with Crippen LogP contribution in [0.1, 0.15) is 10.4 Å². The first-order valence-corrected chi connectivity index (χ1v) is 7.39. The van der Waals surface area contributed by atoms with E-state index < -0.39 is 18.6 Å². The van der Waals surface area contributed by atoms with Crippen LogP contribution in [0.2, 0.25) is 0 Å². The van der Waals surface area contributed by atoms with E-state index in [0.717, 1.165) is 5.56 Å². The number of benzene rings is 2. The Morgan fingerprint density at radius 2 is 1.72 bits per heavy atom. The zero-order valence-corrected chi connectivity index (χ0v) is 12.9. The summed E-state index contributed by atoms with van der Waals surface area (Å²) in [6, 6.07) is 15.4. The molecule has 0 radical (unpaired) electrons. The third-order valence-electron chi connectivity index (χ3n) is 3.42. The van der Waals surface area contributed by atoms with Gasteiger partial charge in [0, 0.05) is 11.1 Å². The molecule has 1 heterocycles. The number of hydrogen-bond donors (Lipinski definition) is 1. The van der Waals surface area contributed by atoms with Gasteiger partial charge in [-0.2, -0.15) is 13.2 Å². The van der Waals surface area contributed by atoms with Crippen LogP contribution in [-0.4, -0.2) is 23.6 Å². The molecule has 7 heteroatoms. The summed E-state index contributed by atoms with van der Waals surface area (Å²) in [5, 5.41) is 1.85. The summed E-state index contributed by atoms with van der Waals surface area (Å²) in [4.78, 5) is 16.2. The van der Waals surface area contributed by atoms with E-state index in [0.29, 0.717) is 11.3 Å². The first kappa shape index (κ1) is 16.8. The zero-order valence-electron chi connectivity index (χ0n) is 12.9. The predicted octanol–water partition coefficient (Wildman–Crippen LogP) is 4.30. The maximum absolute atomic E-state index is 12.3. The van der Waals surface area contributed by atoms with Crippen LogP contribution in [0.3, 0.4) is 0 Å². The monoisotopic (exact) mass is 346 g/mol. The molecule has 3 aromatic rings. The van der Waals surface area contributed by atoms with Gasteiger partial charge in [0.15, 0.2) is 5.76 Å². The molecule has 3 rings (SSSR count). The number of halogens is 3. The molecule has 25 heavy (non-hydrogen) atoms. The number of oxazole rings is 1. The van der Waals surface area contributed by atoms with E-state index in [1.165, 1.54) is 12.3 Å². The SMILES string of the molecule is O=C(NCC(F)(F)F)c1ccccc1-c1ncc(-c2ccccc2)o1. The Morgan fingerprint density at radius 1 is 1.04 bits per heavy atom. The van der Waals surface area contributed by atoms with Crippen molar-refractivity contribution in [1.82, 2.24) is 10.3 Å². The number of carbonyl (C=O) groups excluding carboxylic acids is 1. The Bertz CT molecular complexity index is 873. The van der Waals surface area contributed by atoms with Gasteiger partial charge < -0.3 is 9.73 Å². The molecule has 0 atom stereocenters. The van der Waals surface area contributed by atoms with E-state index in [1.54, 1.807) is 18.2 Å². The quantitative estimate of drug-likeness (QED) is 0.766. The highest BCUT2D eigenvalue weighted by atomic mass is 19.4. The highest BCUT2D eigenvalue weighted by Gasteiger charge is 2.28. The van der Waals surface area contributed by atoms with Crippen LogP contribution in [0.25, 0.3) is 22.8 Å². The van der Waals surface area contributed by atoms with Crippen LogP contribution in [0.4, 0.5) is 13.2 Å². The topological polar surface area (TPSA) is 55.1 Å². The van der Waals surface area contributed by atoms with Crippen LogP contribution in [0.5, 0.6) is 0 Å². The van der Waals surface area contributed by atoms with Gasteiger partial charge in [-0.1, -0.05) is 42.5 Å². The van der Waals surface area contributed by atoms with E-state index in [-0.39, 0.29) is 11.5 Å². The van der Waals surface area contributed by atoms with Gasteiger partial charge in [0.25, 0.3) is 5.91 Å². The van der Waals surface area contributed by atoms with Crippen LogP contribution in [0, 0.1) is 0 Å². The molecule has 1 N–H and O–H groups in total. The van der Waals surface area contributed by atoms with Crippen LogP contribution in [-0.2, 0) is 0 Å². The number of amides is 1. The Hall–Kier alpha value is -3.09. The molecule has 0 aliphatic heterocycles. The number of rotatable bonds is 4. The van der Waals surface area contributed by atoms with Crippen molar-refractivity contribution in [3.63, 3.8) is 0 Å². The largest absolute Gasteiger partial charge is 0.436 e. The summed E-state index contributed by atoms with van der Waals surface area (Å²) in [7, 11) is 0. The molecule has 128 valence electrons. The fourth-order valence-corrected chi connectivity index (χ4v) is 2.28. The molecule has 0 saturated heterocycles. The lowest BCUT2D eigenvalue weighted by Gasteiger charge is -2.10. The average molecular weight is 346 g/mol. The minimum atomic E-state index is -4.48. The van der Waals surface area contributed by atoms with Gasteiger partial charge in [-0.05, 0) is 12.1 Å². The summed E-state index contributed by atoms with van der Waals surface area (Å²) in [6.45, 7) is -1.40. The number of aromatic nitrogens is 1. The molecule has 2 aromatic carbocycles. The van der Waals surface area contributed by atoms with E-state index in [9.17, 15) is 18.0 Å². The van der Waals surface area contributed by atoms with Crippen molar-refractivity contribution in [3.8, 4) is 22.8 Å². The van der Waals surface area contributed by atoms with Crippen molar-refractivity contribution in [3.05, 3.63) is 66.4 Å². The summed E-state index contributed by atoms with van der Waals surface area (Å²) < 4.78 is 42.6. The molecule has 0 unspecified atom stereocenters. The van der Waals surface area contributed by atoms with Gasteiger partial charge >= 0.3 is 6.18 Å². The molecular formula is C18H13F3N2O2. The minimum Gasteiger partial charge on any atom is -0.436 e. The minimum absolute atomic E-state index is 0.0632. The zero-order chi connectivity index (χ0) is 17.9. The van der Waals surface area contributed by atoms with Crippen molar-refractivity contribution >= 4 is 5.91 Å². The molecule has 1 aromatic heterocycles. The molecule has 0 fully saturated rings. The van der Waals surface area contributed by atoms with Crippen molar-refractivity contribution in [1.29, 1.82) is 0 Å². The summed E-state index contributed by atoms with van der Waals surface area (Å²) in [6.07, 6.45) is -2.97. The first-order chi connectivity index (χ1) is 11.9. The second-order valence-corrected chi connectivity index (χ2v) is 5.24. The first-order valence-electron chi connectivity index (χ1n) is 7.39. The van der Waals surface area contributed by atoms with Gasteiger partial charge in [0.2, 0.25) is 5.89 Å². The van der Waals surface area contributed by atoms with E-state index in [4.69, 9.17) is 4.42 Å². The second-order valence-electron chi connectivity index (χ2n) is 5.24. The van der Waals surface area contributed by atoms with Gasteiger partial charge in [-0.25, -0.2) is 4.98 Å². The highest BCUT2D eigenvalue weighted by Crippen LogP contribution is 2.28. The summed E-state index contributed by atoms with van der Waals surface area (Å²) in [5.41, 5.74) is 1.19. The van der Waals surface area contributed by atoms with Crippen molar-refractivity contribution < 1.29 is 22.4 Å². The standard InChI is InChI=1S/C18H13F3N2O2/c19-18(20,21)11-23-16(24)13-8-4-5-9-14(13)17-22-10-15(25-17)12-6-2-1-3-7-12/h1-10H,11H2,(H,23,24). The van der Waals surface area contributed by atoms with Crippen molar-refractivity contribution in [2.75, 3.05) is 6.54 Å². The number of nitrogens with one attached hydrogen (secondary N) is 1. The van der Waals surface area contributed by atoms with E-state index >= 15 is 0 Å². The molecule has 0 aliphatic rings. The predicted molar refractivity (Wildman–Crippen MR) is 85.8 cm³/mol. The number of nitrogens with zero attached hydrogens (tertiary/aromatic N) is 1. The lowest BCUT2D eigenvalue weighted by atomic mass is 10.1. The average Bonchev–Trinajstić information content (AvgIpc) is 3.10. The fourth-order valence-electron chi connectivity index (χ4n) is 2.28. The lowest BCUT2D eigenvalue weighted by molar-refractivity contribution is -0.123. The normalized spacial score (nSPS) is 11.3. The Balaban J connectivity index is 1.89. The third kappa shape index (κ3) is 4.06. The van der Waals surface area contributed by atoms with Gasteiger partial charge in [0.05, 0.1) is 11.8 Å². The molecule has 0 aliphatic carbocycles. The number of alkyl halides is 3. The van der Waals surface area contributed by atoms with Crippen LogP contribution < -0.4 is 5.32 Å². The van der Waals surface area contributed by atoms with Gasteiger partial charge in [-0.15, -0.1) is 0 Å². The Kier molecular flexibility index (Phi) is 4.56. The summed E-state index contributed by atoms with van der Waals surface area (Å²) >= 11 is 0. The molecule has 1 amide bonds. The van der Waals surface area contributed by atoms with Crippen molar-refractivity contribution in [2.45, 2.75) is 6.18 Å². The molecular weight excluding hydrogens is 333 g/mol. The highest BCUT2D eigenvalue weighted by molar-refractivity contribution is 6.00. The number of carbonyl (C=O) groups is 1. The van der Waals surface area contributed by atoms with Crippen LogP contribution >= 0.6 is 0 Å². The smallest absolute Gasteiger partial charge is 0.405 e. The third-order valence-corrected chi connectivity index (χ3v) is 3.42. The van der Waals surface area contributed by atoms with Gasteiger partial charge in [-0.3, -0.25) is 4.79 Å². The summed E-state index contributed by atoms with van der Waals surface area (Å²) in [5.74, 6) is -0.176. The van der Waals surface area contributed by atoms with E-state index in [2.05, 4.69) is 4.98 Å². The second kappa shape index (κ2) is 6.80. The fraction of sp³-hybridized carbons (Fsp3) is 0.111. The number of hydrogen-bond acceptors (Lipinski definition) is 3. The van der Waals surface area contributed by atoms with Crippen LogP contribution in [0.15, 0.2) is 65.2 Å². The van der Waals surface area contributed by atoms with Gasteiger partial charge in [0.1, 0.15) is 6.54 Å². The Labute approximate surface area is 141 Å². The lowest BCUT2D eigenvalue weighted by Crippen LogP contribution is -2.33. The van der Waals surface area contributed by atoms with E-state index in [1.807, 2.05) is 35.6 Å². The maximum atomic E-state index is 12.3. The maximum Gasteiger partial charge on any atom is 0.405 e. The Morgan fingerprint density at radius 3 is 2.44 bits per heavy atom. The molecule has 0 saturated carbocycles. The molecule has 0 bridgehead atoms. The van der Waals surface area contributed by atoms with Crippen molar-refractivity contribution in [2.24, 2.45) is 0 Å². The molecule has 0 spiro atoms. The molecule has 4 nitrogen and oxygen atoms in total.